The predicted octanol–water partition coefficient (Wildman–Crippen LogP) is 2.72. The topological polar surface area (TPSA) is 89.3 Å². The average Bonchev–Trinajstić information content (AvgIpc) is 2.85. The number of allylic oxidation sites excluding steroid dienone is 1. The highest BCUT2D eigenvalue weighted by Gasteiger charge is 2.39. The van der Waals surface area contributed by atoms with Gasteiger partial charge < -0.3 is 15.4 Å². The maximum atomic E-state index is 9.95. The van der Waals surface area contributed by atoms with Gasteiger partial charge in [-0.2, -0.15) is 5.26 Å². The Morgan fingerprint density at radius 1 is 1.03 bits per heavy atom. The Labute approximate surface area is 193 Å². The molecule has 4 heterocycles. The second-order valence-electron chi connectivity index (χ2n) is 8.29. The lowest BCUT2D eigenvalue weighted by Crippen LogP contribution is -3.12. The van der Waals surface area contributed by atoms with Gasteiger partial charge in [-0.25, -0.2) is 0 Å². The van der Waals surface area contributed by atoms with Crippen LogP contribution in [0.15, 0.2) is 108 Å². The molecule has 6 heteroatoms. The van der Waals surface area contributed by atoms with E-state index in [0.717, 1.165) is 47.7 Å². The molecule has 0 saturated heterocycles. The monoisotopic (exact) mass is 434 g/mol. The van der Waals surface area contributed by atoms with Gasteiger partial charge >= 0.3 is 0 Å². The van der Waals surface area contributed by atoms with E-state index in [9.17, 15) is 5.26 Å². The molecule has 2 atom stereocenters. The minimum Gasteiger partial charge on any atom is -0.440 e. The Morgan fingerprint density at radius 3 is 2.52 bits per heavy atom. The van der Waals surface area contributed by atoms with Crippen molar-refractivity contribution in [3.8, 4) is 6.07 Å². The first kappa shape index (κ1) is 20.7. The first-order valence-corrected chi connectivity index (χ1v) is 10.9. The van der Waals surface area contributed by atoms with E-state index in [1.165, 1.54) is 10.5 Å². The van der Waals surface area contributed by atoms with E-state index in [2.05, 4.69) is 46.4 Å². The zero-order valence-electron chi connectivity index (χ0n) is 18.1. The van der Waals surface area contributed by atoms with E-state index >= 15 is 0 Å². The van der Waals surface area contributed by atoms with Crippen LogP contribution in [0.3, 0.4) is 0 Å². The number of pyridine rings is 2. The predicted molar refractivity (Wildman–Crippen MR) is 125 cm³/mol. The van der Waals surface area contributed by atoms with E-state index in [0.29, 0.717) is 5.57 Å². The van der Waals surface area contributed by atoms with Crippen LogP contribution in [0.25, 0.3) is 6.08 Å². The fraction of sp³-hybridized carbons (Fsp3) is 0.148. The number of benzene rings is 1. The molecule has 162 valence electrons. The van der Waals surface area contributed by atoms with Crippen molar-refractivity contribution in [3.63, 3.8) is 0 Å². The van der Waals surface area contributed by atoms with Gasteiger partial charge in [0.1, 0.15) is 37.0 Å². The summed E-state index contributed by atoms with van der Waals surface area (Å²) in [6, 6.07) is 20.6. The van der Waals surface area contributed by atoms with Gasteiger partial charge in [-0.1, -0.05) is 42.5 Å². The second-order valence-corrected chi connectivity index (χ2v) is 8.29. The summed E-state index contributed by atoms with van der Waals surface area (Å²) >= 11 is 0. The van der Waals surface area contributed by atoms with Gasteiger partial charge in [0.2, 0.25) is 5.88 Å². The number of hydrogen-bond acceptors (Lipinski definition) is 5. The molecular formula is C27H24N5O+. The number of nitriles is 1. The van der Waals surface area contributed by atoms with Crippen molar-refractivity contribution in [2.24, 2.45) is 5.73 Å². The number of nitrogens with zero attached hydrogens (tertiary/aromatic N) is 3. The van der Waals surface area contributed by atoms with Gasteiger partial charge in [-0.15, -0.1) is 0 Å². The van der Waals surface area contributed by atoms with Crippen LogP contribution in [0.5, 0.6) is 0 Å². The Hall–Kier alpha value is -4.21. The molecule has 0 saturated carbocycles. The van der Waals surface area contributed by atoms with E-state index in [4.69, 9.17) is 10.5 Å². The lowest BCUT2D eigenvalue weighted by atomic mass is 9.80. The molecule has 0 fully saturated rings. The summed E-state index contributed by atoms with van der Waals surface area (Å²) in [5, 5.41) is 9.95. The molecule has 3 N–H and O–H groups in total. The van der Waals surface area contributed by atoms with E-state index in [1.54, 1.807) is 18.6 Å². The van der Waals surface area contributed by atoms with E-state index in [-0.39, 0.29) is 11.8 Å². The normalized spacial score (nSPS) is 21.4. The van der Waals surface area contributed by atoms with E-state index < -0.39 is 0 Å². The summed E-state index contributed by atoms with van der Waals surface area (Å²) in [4.78, 5) is 9.92. The third-order valence-electron chi connectivity index (χ3n) is 6.04. The molecule has 5 rings (SSSR count). The van der Waals surface area contributed by atoms with Crippen LogP contribution in [-0.2, 0) is 11.3 Å². The molecule has 0 aliphatic carbocycles. The maximum Gasteiger partial charge on any atom is 0.205 e. The Morgan fingerprint density at radius 2 is 1.82 bits per heavy atom. The molecule has 33 heavy (non-hydrogen) atoms. The van der Waals surface area contributed by atoms with Crippen LogP contribution in [0, 0.1) is 11.3 Å². The number of nitrogens with one attached hydrogen (secondary N) is 1. The van der Waals surface area contributed by atoms with Gasteiger partial charge in [0.25, 0.3) is 0 Å². The van der Waals surface area contributed by atoms with Crippen molar-refractivity contribution >= 4 is 6.08 Å². The number of ether oxygens (including phenoxy) is 1. The number of aromatic nitrogens is 2. The Balaban J connectivity index is 1.62. The van der Waals surface area contributed by atoms with Gasteiger partial charge in [-0.05, 0) is 29.3 Å². The summed E-state index contributed by atoms with van der Waals surface area (Å²) < 4.78 is 6.12. The van der Waals surface area contributed by atoms with Crippen LogP contribution in [-0.4, -0.2) is 23.1 Å². The minimum absolute atomic E-state index is 0.161. The lowest BCUT2D eigenvalue weighted by molar-refractivity contribution is -0.906. The highest BCUT2D eigenvalue weighted by molar-refractivity contribution is 5.61. The molecule has 2 aromatic heterocycles. The summed E-state index contributed by atoms with van der Waals surface area (Å²) in [5.74, 6) is 0.644. The van der Waals surface area contributed by atoms with Crippen molar-refractivity contribution in [1.82, 2.24) is 9.97 Å². The van der Waals surface area contributed by atoms with Gasteiger partial charge in [0, 0.05) is 41.5 Å². The zero-order valence-corrected chi connectivity index (χ0v) is 18.1. The first-order chi connectivity index (χ1) is 16.2. The maximum absolute atomic E-state index is 9.95. The Kier molecular flexibility index (Phi) is 5.71. The number of hydrogen-bond donors (Lipinski definition) is 2. The van der Waals surface area contributed by atoms with Gasteiger partial charge in [0.05, 0.1) is 5.92 Å². The van der Waals surface area contributed by atoms with Crippen molar-refractivity contribution in [2.45, 2.75) is 12.5 Å². The van der Waals surface area contributed by atoms with Crippen LogP contribution in [0.2, 0.25) is 0 Å². The van der Waals surface area contributed by atoms with Crippen molar-refractivity contribution in [3.05, 3.63) is 124 Å². The number of rotatable bonds is 4. The smallest absolute Gasteiger partial charge is 0.205 e. The zero-order chi connectivity index (χ0) is 22.6. The molecule has 1 aromatic carbocycles. The molecule has 0 spiro atoms. The molecule has 2 unspecified atom stereocenters. The van der Waals surface area contributed by atoms with Crippen LogP contribution >= 0.6 is 0 Å². The fourth-order valence-corrected chi connectivity index (χ4v) is 4.64. The van der Waals surface area contributed by atoms with Crippen molar-refractivity contribution in [1.29, 1.82) is 5.26 Å². The quantitative estimate of drug-likeness (QED) is 0.659. The largest absolute Gasteiger partial charge is 0.440 e. The molecule has 2 aliphatic rings. The van der Waals surface area contributed by atoms with Crippen LogP contribution < -0.4 is 10.6 Å². The molecular weight excluding hydrogens is 410 g/mol. The fourth-order valence-electron chi connectivity index (χ4n) is 4.64. The molecule has 0 amide bonds. The van der Waals surface area contributed by atoms with Crippen LogP contribution in [0.4, 0.5) is 0 Å². The van der Waals surface area contributed by atoms with E-state index in [1.807, 2.05) is 36.5 Å². The molecule has 0 bridgehead atoms. The number of quaternary nitrogens is 1. The second kappa shape index (κ2) is 9.11. The number of nitrogens with two attached hydrogens (primary N) is 1. The van der Waals surface area contributed by atoms with Gasteiger partial charge in [0.15, 0.2) is 0 Å². The first-order valence-electron chi connectivity index (χ1n) is 10.9. The van der Waals surface area contributed by atoms with Gasteiger partial charge in [-0.3, -0.25) is 9.97 Å². The lowest BCUT2D eigenvalue weighted by Gasteiger charge is -2.36. The third-order valence-corrected chi connectivity index (χ3v) is 6.04. The highest BCUT2D eigenvalue weighted by Crippen LogP contribution is 2.41. The van der Waals surface area contributed by atoms with Crippen molar-refractivity contribution < 1.29 is 9.64 Å². The third kappa shape index (κ3) is 4.27. The standard InChI is InChI=1S/C27H23N5O/c28-13-23-25(21-9-5-11-31-15-21)24-18-32(16-19-6-2-1-3-7-19)17-22(26(24)33-27(23)29)12-20-8-4-10-30-14-20/h1-12,14-15,25H,16-18,29H2/p+1. The summed E-state index contributed by atoms with van der Waals surface area (Å²) in [7, 11) is 0. The summed E-state index contributed by atoms with van der Waals surface area (Å²) in [6.45, 7) is 2.38. The minimum atomic E-state index is -0.282. The van der Waals surface area contributed by atoms with Crippen LogP contribution in [0.1, 0.15) is 22.6 Å². The molecule has 2 aliphatic heterocycles. The summed E-state index contributed by atoms with van der Waals surface area (Å²) in [5.41, 5.74) is 12.0. The SMILES string of the molecule is N#CC1=C(N)OC2=C(C[NH+](Cc3ccccc3)CC2=Cc2cccnc2)C1c1cccnc1. The Bertz CT molecular complexity index is 1270. The molecule has 0 radical (unpaired) electrons. The average molecular weight is 435 g/mol. The highest BCUT2D eigenvalue weighted by atomic mass is 16.5. The molecule has 3 aromatic rings. The molecule has 6 nitrogen and oxygen atoms in total. The van der Waals surface area contributed by atoms with Crippen molar-refractivity contribution in [2.75, 3.05) is 13.1 Å². The summed E-state index contributed by atoms with van der Waals surface area (Å²) in [6.07, 6.45) is 9.24.